The van der Waals surface area contributed by atoms with Crippen molar-refractivity contribution in [3.63, 3.8) is 0 Å². The minimum Gasteiger partial charge on any atom is -0.456 e. The molecule has 10 rings (SSSR count). The van der Waals surface area contributed by atoms with Gasteiger partial charge in [0.15, 0.2) is 17.5 Å². The van der Waals surface area contributed by atoms with E-state index in [0.717, 1.165) is 75.5 Å². The van der Waals surface area contributed by atoms with Crippen LogP contribution in [0.25, 0.3) is 97.7 Å². The van der Waals surface area contributed by atoms with Crippen molar-refractivity contribution in [3.05, 3.63) is 140 Å². The third kappa shape index (κ3) is 4.88. The molecule has 0 bridgehead atoms. The topological polar surface area (TPSA) is 77.6 Å². The van der Waals surface area contributed by atoms with Crippen molar-refractivity contribution in [2.45, 2.75) is 0 Å². The van der Waals surface area contributed by atoms with E-state index in [1.807, 2.05) is 78.9 Å². The number of nitrogens with zero attached hydrogens (tertiary/aromatic N) is 5. The van der Waals surface area contributed by atoms with Crippen LogP contribution in [0.3, 0.4) is 0 Å². The summed E-state index contributed by atoms with van der Waals surface area (Å²) in [7, 11) is 0. The minimum atomic E-state index is 0.586. The Morgan fingerprint density at radius 3 is 1.67 bits per heavy atom. The Morgan fingerprint density at radius 2 is 0.980 bits per heavy atom. The van der Waals surface area contributed by atoms with Crippen LogP contribution in [0.1, 0.15) is 0 Å². The molecule has 0 aliphatic rings. The minimum absolute atomic E-state index is 0.586. The summed E-state index contributed by atoms with van der Waals surface area (Å²) in [5.41, 5.74) is 8.37. The zero-order valence-corrected chi connectivity index (χ0v) is 27.4. The van der Waals surface area contributed by atoms with Gasteiger partial charge in [-0.25, -0.2) is 24.9 Å². The number of aromatic nitrogens is 5. The average Bonchev–Trinajstić information content (AvgIpc) is 3.90. The van der Waals surface area contributed by atoms with Crippen LogP contribution < -0.4 is 0 Å². The molecule has 0 radical (unpaired) electrons. The van der Waals surface area contributed by atoms with Crippen molar-refractivity contribution in [2.75, 3.05) is 0 Å². The summed E-state index contributed by atoms with van der Waals surface area (Å²) in [4.78, 5) is 24.8. The fraction of sp³-hybridized carbons (Fsp3) is 0. The predicted octanol–water partition coefficient (Wildman–Crippen LogP) is 11.3. The van der Waals surface area contributed by atoms with Gasteiger partial charge in [0, 0.05) is 38.6 Å². The van der Waals surface area contributed by atoms with Gasteiger partial charge in [-0.3, -0.25) is 0 Å². The van der Waals surface area contributed by atoms with Crippen molar-refractivity contribution in [1.29, 1.82) is 0 Å². The Hall–Kier alpha value is -6.09. The molecule has 10 aromatic rings. The monoisotopic (exact) mass is 665 g/mol. The van der Waals surface area contributed by atoms with E-state index in [9.17, 15) is 0 Å². The number of thiazole rings is 2. The molecule has 0 aliphatic carbocycles. The number of benzene rings is 6. The predicted molar refractivity (Wildman–Crippen MR) is 201 cm³/mol. The van der Waals surface area contributed by atoms with Gasteiger partial charge in [-0.2, -0.15) is 0 Å². The van der Waals surface area contributed by atoms with E-state index in [4.69, 9.17) is 29.3 Å². The molecule has 0 saturated carbocycles. The standard InChI is InChI=1S/C41H23N5OS2/c1-2-9-24(10-3-1)37-44-38(25-17-19-26(20-18-25)40-42-30-12-4-6-15-34(30)48-40)46-39(45-37)29-11-8-14-32-36(29)28-22-21-27(23-33(28)47-32)41-43-31-13-5-7-16-35(31)49-41/h1-23H. The van der Waals surface area contributed by atoms with E-state index >= 15 is 0 Å². The fourth-order valence-electron chi connectivity index (χ4n) is 6.24. The summed E-state index contributed by atoms with van der Waals surface area (Å²) < 4.78 is 8.79. The van der Waals surface area contributed by atoms with Gasteiger partial charge < -0.3 is 4.42 Å². The Bertz CT molecular complexity index is 2770. The summed E-state index contributed by atoms with van der Waals surface area (Å²) >= 11 is 3.37. The first kappa shape index (κ1) is 28.0. The lowest BCUT2D eigenvalue weighted by molar-refractivity contribution is 0.669. The maximum Gasteiger partial charge on any atom is 0.164 e. The van der Waals surface area contributed by atoms with Crippen LogP contribution in [0, 0.1) is 0 Å². The van der Waals surface area contributed by atoms with E-state index in [1.165, 1.54) is 4.70 Å². The van der Waals surface area contributed by atoms with Gasteiger partial charge in [0.05, 0.1) is 20.4 Å². The van der Waals surface area contributed by atoms with E-state index < -0.39 is 0 Å². The molecule has 8 heteroatoms. The summed E-state index contributed by atoms with van der Waals surface area (Å²) in [6, 6.07) is 47.1. The van der Waals surface area contributed by atoms with Gasteiger partial charge in [-0.1, -0.05) is 97.1 Å². The zero-order valence-electron chi connectivity index (χ0n) is 25.7. The normalized spacial score (nSPS) is 11.7. The molecular weight excluding hydrogens is 643 g/mol. The van der Waals surface area contributed by atoms with Gasteiger partial charge in [0.2, 0.25) is 0 Å². The lowest BCUT2D eigenvalue weighted by Crippen LogP contribution is -2.00. The largest absolute Gasteiger partial charge is 0.456 e. The summed E-state index contributed by atoms with van der Waals surface area (Å²) in [5, 5.41) is 3.92. The number of hydrogen-bond donors (Lipinski definition) is 0. The lowest BCUT2D eigenvalue weighted by atomic mass is 10.0. The maximum absolute atomic E-state index is 6.46. The van der Waals surface area contributed by atoms with E-state index in [0.29, 0.717) is 17.5 Å². The first-order chi connectivity index (χ1) is 24.2. The van der Waals surface area contributed by atoms with Crippen LogP contribution in [0.15, 0.2) is 144 Å². The number of para-hydroxylation sites is 2. The van der Waals surface area contributed by atoms with Crippen LogP contribution in [-0.2, 0) is 0 Å². The molecule has 6 aromatic carbocycles. The van der Waals surface area contributed by atoms with Gasteiger partial charge >= 0.3 is 0 Å². The first-order valence-electron chi connectivity index (χ1n) is 15.8. The Labute approximate surface area is 288 Å². The van der Waals surface area contributed by atoms with E-state index in [2.05, 4.69) is 60.7 Å². The number of rotatable bonds is 5. The number of hydrogen-bond acceptors (Lipinski definition) is 8. The smallest absolute Gasteiger partial charge is 0.164 e. The Morgan fingerprint density at radius 1 is 0.408 bits per heavy atom. The molecule has 0 amide bonds. The fourth-order valence-corrected chi connectivity index (χ4v) is 8.17. The summed E-state index contributed by atoms with van der Waals surface area (Å²) in [6.45, 7) is 0. The molecule has 0 aliphatic heterocycles. The highest BCUT2D eigenvalue weighted by atomic mass is 32.1. The third-order valence-electron chi connectivity index (χ3n) is 8.63. The van der Waals surface area contributed by atoms with Crippen molar-refractivity contribution in [1.82, 2.24) is 24.9 Å². The highest BCUT2D eigenvalue weighted by Gasteiger charge is 2.19. The van der Waals surface area contributed by atoms with Gasteiger partial charge in [-0.05, 0) is 42.5 Å². The average molecular weight is 666 g/mol. The van der Waals surface area contributed by atoms with Crippen LogP contribution in [0.4, 0.5) is 0 Å². The summed E-state index contributed by atoms with van der Waals surface area (Å²) in [5.74, 6) is 1.80. The van der Waals surface area contributed by atoms with Crippen molar-refractivity contribution >= 4 is 65.0 Å². The number of furan rings is 1. The molecule has 0 unspecified atom stereocenters. The van der Waals surface area contributed by atoms with Crippen LogP contribution in [0.5, 0.6) is 0 Å². The highest BCUT2D eigenvalue weighted by Crippen LogP contribution is 2.39. The first-order valence-corrected chi connectivity index (χ1v) is 17.5. The van der Waals surface area contributed by atoms with Crippen molar-refractivity contribution in [2.24, 2.45) is 0 Å². The second kappa shape index (κ2) is 11.3. The van der Waals surface area contributed by atoms with Gasteiger partial charge in [0.25, 0.3) is 0 Å². The van der Waals surface area contributed by atoms with Crippen molar-refractivity contribution in [3.8, 4) is 55.3 Å². The molecule has 230 valence electrons. The highest BCUT2D eigenvalue weighted by molar-refractivity contribution is 7.22. The van der Waals surface area contributed by atoms with E-state index in [-0.39, 0.29) is 0 Å². The van der Waals surface area contributed by atoms with Crippen molar-refractivity contribution < 1.29 is 4.42 Å². The van der Waals surface area contributed by atoms with Gasteiger partial charge in [0.1, 0.15) is 21.2 Å². The summed E-state index contributed by atoms with van der Waals surface area (Å²) in [6.07, 6.45) is 0. The third-order valence-corrected chi connectivity index (χ3v) is 10.8. The molecule has 4 heterocycles. The molecule has 49 heavy (non-hydrogen) atoms. The van der Waals surface area contributed by atoms with E-state index in [1.54, 1.807) is 22.7 Å². The molecular formula is C41H23N5OS2. The molecule has 6 nitrogen and oxygen atoms in total. The number of fused-ring (bicyclic) bond motifs is 5. The van der Waals surface area contributed by atoms with Gasteiger partial charge in [-0.15, -0.1) is 22.7 Å². The zero-order chi connectivity index (χ0) is 32.3. The lowest BCUT2D eigenvalue weighted by Gasteiger charge is -2.09. The molecule has 0 fully saturated rings. The maximum atomic E-state index is 6.46. The molecule has 0 N–H and O–H groups in total. The quantitative estimate of drug-likeness (QED) is 0.182. The molecule has 4 aromatic heterocycles. The second-order valence-electron chi connectivity index (χ2n) is 11.7. The molecule has 0 atom stereocenters. The Kier molecular flexibility index (Phi) is 6.43. The second-order valence-corrected chi connectivity index (χ2v) is 13.8. The molecule has 0 spiro atoms. The van der Waals surface area contributed by atoms with Crippen LogP contribution in [-0.4, -0.2) is 24.9 Å². The SMILES string of the molecule is c1ccc(-c2nc(-c3ccc(-c4nc5ccccc5s4)cc3)nc(-c3cccc4oc5cc(-c6nc7ccccc7s6)ccc5c34)n2)cc1. The Balaban J connectivity index is 1.10. The van der Waals surface area contributed by atoms with Crippen LogP contribution in [0.2, 0.25) is 0 Å². The molecule has 0 saturated heterocycles. The van der Waals surface area contributed by atoms with Crippen LogP contribution >= 0.6 is 22.7 Å².